The molecule has 1 nitrogen and oxygen atoms in total. The van der Waals surface area contributed by atoms with Crippen molar-refractivity contribution in [3.63, 3.8) is 0 Å². The number of nitrogens with zero attached hydrogens (tertiary/aromatic N) is 1. The third-order valence-corrected chi connectivity index (χ3v) is 10.9. The zero-order valence-corrected chi connectivity index (χ0v) is 26.9. The molecule has 0 atom stereocenters. The van der Waals surface area contributed by atoms with Crippen LogP contribution in [-0.4, -0.2) is 0 Å². The highest BCUT2D eigenvalue weighted by Gasteiger charge is 2.20. The van der Waals surface area contributed by atoms with Crippen LogP contribution in [0.5, 0.6) is 0 Å². The lowest BCUT2D eigenvalue weighted by Crippen LogP contribution is -2.10. The molecule has 0 aliphatic heterocycles. The van der Waals surface area contributed by atoms with E-state index in [4.69, 9.17) is 0 Å². The van der Waals surface area contributed by atoms with Gasteiger partial charge in [0.05, 0.1) is 5.69 Å². The first-order chi connectivity index (χ1) is 23.8. The highest BCUT2D eigenvalue weighted by molar-refractivity contribution is 7.26. The number of anilines is 3. The minimum Gasteiger partial charge on any atom is -0.310 e. The molecule has 48 heavy (non-hydrogen) atoms. The number of benzene rings is 9. The predicted octanol–water partition coefficient (Wildman–Crippen LogP) is 13.8. The fourth-order valence-electron chi connectivity index (χ4n) is 7.50. The molecule has 9 aromatic carbocycles. The van der Waals surface area contributed by atoms with Gasteiger partial charge in [-0.2, -0.15) is 0 Å². The third kappa shape index (κ3) is 4.31. The van der Waals surface area contributed by atoms with E-state index in [1.54, 1.807) is 0 Å². The normalized spacial score (nSPS) is 11.8. The molecule has 2 heteroatoms. The second kappa shape index (κ2) is 10.8. The van der Waals surface area contributed by atoms with E-state index in [0.29, 0.717) is 0 Å². The van der Waals surface area contributed by atoms with Crippen molar-refractivity contribution in [2.24, 2.45) is 0 Å². The second-order valence-corrected chi connectivity index (χ2v) is 13.6. The van der Waals surface area contributed by atoms with Crippen LogP contribution in [0.1, 0.15) is 0 Å². The van der Waals surface area contributed by atoms with E-state index in [2.05, 4.69) is 181 Å². The van der Waals surface area contributed by atoms with Gasteiger partial charge in [0.1, 0.15) is 0 Å². The number of hydrogen-bond donors (Lipinski definition) is 0. The van der Waals surface area contributed by atoms with Gasteiger partial charge in [-0.05, 0) is 103 Å². The van der Waals surface area contributed by atoms with Crippen LogP contribution in [0.3, 0.4) is 0 Å². The Bertz CT molecular complexity index is 2830. The summed E-state index contributed by atoms with van der Waals surface area (Å²) in [6, 6.07) is 64.6. The summed E-state index contributed by atoms with van der Waals surface area (Å²) in [6.07, 6.45) is 0. The van der Waals surface area contributed by atoms with E-state index in [1.165, 1.54) is 80.1 Å². The van der Waals surface area contributed by atoms with E-state index in [1.807, 2.05) is 11.3 Å². The van der Waals surface area contributed by atoms with Crippen LogP contribution in [-0.2, 0) is 0 Å². The summed E-state index contributed by atoms with van der Waals surface area (Å²) in [5.74, 6) is 0. The Morgan fingerprint density at radius 1 is 0.333 bits per heavy atom. The highest BCUT2D eigenvalue weighted by atomic mass is 32.1. The average Bonchev–Trinajstić information content (AvgIpc) is 3.52. The summed E-state index contributed by atoms with van der Waals surface area (Å²) in [6.45, 7) is 0. The molecule has 0 amide bonds. The maximum absolute atomic E-state index is 2.45. The molecule has 0 aliphatic carbocycles. The van der Waals surface area contributed by atoms with Crippen molar-refractivity contribution >= 4 is 91.7 Å². The number of fused-ring (bicyclic) bond motifs is 9. The first kappa shape index (κ1) is 27.2. The van der Waals surface area contributed by atoms with Gasteiger partial charge in [-0.15, -0.1) is 11.3 Å². The summed E-state index contributed by atoms with van der Waals surface area (Å²) >= 11 is 1.88. The molecule has 0 spiro atoms. The molecule has 0 aliphatic rings. The fourth-order valence-corrected chi connectivity index (χ4v) is 8.66. The van der Waals surface area contributed by atoms with Crippen LogP contribution in [0.2, 0.25) is 0 Å². The van der Waals surface area contributed by atoms with Gasteiger partial charge in [-0.25, -0.2) is 0 Å². The minimum absolute atomic E-state index is 1.13. The van der Waals surface area contributed by atoms with Gasteiger partial charge >= 0.3 is 0 Å². The smallest absolute Gasteiger partial charge is 0.0554 e. The Morgan fingerprint density at radius 3 is 1.81 bits per heavy atom. The van der Waals surface area contributed by atoms with Gasteiger partial charge < -0.3 is 4.90 Å². The number of rotatable bonds is 4. The van der Waals surface area contributed by atoms with Crippen molar-refractivity contribution in [2.45, 2.75) is 0 Å². The quantitative estimate of drug-likeness (QED) is 0.176. The maximum atomic E-state index is 2.45. The molecule has 0 N–H and O–H groups in total. The molecule has 1 heterocycles. The molecule has 0 saturated heterocycles. The lowest BCUT2D eigenvalue weighted by Gasteiger charge is -2.27. The van der Waals surface area contributed by atoms with Crippen molar-refractivity contribution in [3.05, 3.63) is 176 Å². The van der Waals surface area contributed by atoms with Crippen LogP contribution in [0.4, 0.5) is 17.1 Å². The van der Waals surface area contributed by atoms with E-state index in [0.717, 1.165) is 11.4 Å². The van der Waals surface area contributed by atoms with E-state index in [-0.39, 0.29) is 0 Å². The molecule has 10 rings (SSSR count). The molecular weight excluding hydrogens is 599 g/mol. The standard InChI is InChI=1S/C46H29NS/c1-2-9-30(10-3-1)31-21-23-37(24-22-31)47(42-15-8-16-43-46(42)41-28-34-12-4-5-13-35(34)29-44(41)48-43)38-25-26-40-36(27-38)20-19-33-18-17-32-11-6-7-14-39(32)45(33)40/h1-29H. The van der Waals surface area contributed by atoms with Crippen LogP contribution in [0, 0.1) is 0 Å². The summed E-state index contributed by atoms with van der Waals surface area (Å²) in [7, 11) is 0. The molecular formula is C46H29NS. The molecule has 10 aromatic rings. The molecule has 0 bridgehead atoms. The van der Waals surface area contributed by atoms with Crippen molar-refractivity contribution in [3.8, 4) is 11.1 Å². The van der Waals surface area contributed by atoms with Crippen LogP contribution >= 0.6 is 11.3 Å². The zero-order chi connectivity index (χ0) is 31.6. The van der Waals surface area contributed by atoms with Gasteiger partial charge in [-0.3, -0.25) is 0 Å². The van der Waals surface area contributed by atoms with Crippen molar-refractivity contribution in [1.82, 2.24) is 0 Å². The summed E-state index contributed by atoms with van der Waals surface area (Å²) < 4.78 is 2.61. The van der Waals surface area contributed by atoms with E-state index < -0.39 is 0 Å². The Hall–Kier alpha value is -5.96. The number of hydrogen-bond acceptors (Lipinski definition) is 2. The molecule has 0 fully saturated rings. The second-order valence-electron chi connectivity index (χ2n) is 12.6. The lowest BCUT2D eigenvalue weighted by atomic mass is 9.96. The number of thiophene rings is 1. The SMILES string of the molecule is c1ccc(-c2ccc(N(c3ccc4c(ccc5ccc6ccccc6c54)c3)c3cccc4sc5cc6ccccc6cc5c34)cc2)cc1. The molecule has 1 aromatic heterocycles. The van der Waals surface area contributed by atoms with Gasteiger partial charge in [0.2, 0.25) is 0 Å². The molecule has 0 saturated carbocycles. The predicted molar refractivity (Wildman–Crippen MR) is 209 cm³/mol. The van der Waals surface area contributed by atoms with Gasteiger partial charge in [0.25, 0.3) is 0 Å². The van der Waals surface area contributed by atoms with E-state index in [9.17, 15) is 0 Å². The van der Waals surface area contributed by atoms with Crippen molar-refractivity contribution in [2.75, 3.05) is 4.90 Å². The molecule has 224 valence electrons. The van der Waals surface area contributed by atoms with Gasteiger partial charge in [0, 0.05) is 31.5 Å². The van der Waals surface area contributed by atoms with Crippen LogP contribution in [0.25, 0.3) is 74.4 Å². The van der Waals surface area contributed by atoms with Crippen LogP contribution in [0.15, 0.2) is 176 Å². The Labute approximate surface area is 282 Å². The van der Waals surface area contributed by atoms with Gasteiger partial charge in [-0.1, -0.05) is 127 Å². The first-order valence-corrected chi connectivity index (χ1v) is 17.2. The Morgan fingerprint density at radius 2 is 0.979 bits per heavy atom. The Balaban J connectivity index is 1.23. The molecule has 0 radical (unpaired) electrons. The summed E-state index contributed by atoms with van der Waals surface area (Å²) in [5, 5.41) is 12.8. The minimum atomic E-state index is 1.13. The molecule has 0 unspecified atom stereocenters. The zero-order valence-electron chi connectivity index (χ0n) is 26.1. The van der Waals surface area contributed by atoms with E-state index >= 15 is 0 Å². The maximum Gasteiger partial charge on any atom is 0.0554 e. The van der Waals surface area contributed by atoms with Crippen molar-refractivity contribution in [1.29, 1.82) is 0 Å². The van der Waals surface area contributed by atoms with Crippen LogP contribution < -0.4 is 4.90 Å². The summed E-state index contributed by atoms with van der Waals surface area (Å²) in [4.78, 5) is 2.45. The fraction of sp³-hybridized carbons (Fsp3) is 0. The Kier molecular flexibility index (Phi) is 6.12. The largest absolute Gasteiger partial charge is 0.310 e. The first-order valence-electron chi connectivity index (χ1n) is 16.4. The average molecular weight is 628 g/mol. The highest BCUT2D eigenvalue weighted by Crippen LogP contribution is 2.46. The van der Waals surface area contributed by atoms with Gasteiger partial charge in [0.15, 0.2) is 0 Å². The topological polar surface area (TPSA) is 3.24 Å². The summed E-state index contributed by atoms with van der Waals surface area (Å²) in [5.41, 5.74) is 5.89. The third-order valence-electron chi connectivity index (χ3n) is 9.78. The monoisotopic (exact) mass is 627 g/mol. The van der Waals surface area contributed by atoms with Crippen molar-refractivity contribution < 1.29 is 0 Å². The lowest BCUT2D eigenvalue weighted by molar-refractivity contribution is 1.31.